The van der Waals surface area contributed by atoms with E-state index in [4.69, 9.17) is 0 Å². The maximum Gasteiger partial charge on any atom is 0.123 e. The first-order chi connectivity index (χ1) is 7.27. The van der Waals surface area contributed by atoms with Gasteiger partial charge < -0.3 is 0 Å². The second-order valence-electron chi connectivity index (χ2n) is 3.54. The zero-order chi connectivity index (χ0) is 11.1. The molecule has 0 saturated carbocycles. The fourth-order valence-corrected chi connectivity index (χ4v) is 2.69. The summed E-state index contributed by atoms with van der Waals surface area (Å²) < 4.78 is 12.7. The van der Waals surface area contributed by atoms with Crippen molar-refractivity contribution < 1.29 is 4.39 Å². The van der Waals surface area contributed by atoms with Crippen LogP contribution in [0, 0.1) is 5.82 Å². The maximum atomic E-state index is 12.7. The Balaban J connectivity index is 2.53. The van der Waals surface area contributed by atoms with Gasteiger partial charge in [-0.2, -0.15) is 11.8 Å². The number of rotatable bonds is 6. The van der Waals surface area contributed by atoms with Gasteiger partial charge in [0.05, 0.1) is 0 Å². The van der Waals surface area contributed by atoms with Crippen LogP contribution in [-0.4, -0.2) is 17.3 Å². The Morgan fingerprint density at radius 1 is 1.33 bits per heavy atom. The molecular weight excluding hydrogens is 275 g/mol. The Labute approximate surface area is 104 Å². The second-order valence-corrected chi connectivity index (χ2v) is 5.17. The van der Waals surface area contributed by atoms with Gasteiger partial charge in [0, 0.05) is 5.33 Å². The highest BCUT2D eigenvalue weighted by atomic mass is 79.9. The van der Waals surface area contributed by atoms with E-state index in [1.54, 1.807) is 12.1 Å². The highest BCUT2D eigenvalue weighted by Crippen LogP contribution is 2.24. The number of benzene rings is 1. The summed E-state index contributed by atoms with van der Waals surface area (Å²) in [6.45, 7) is 0. The van der Waals surface area contributed by atoms with Gasteiger partial charge in [-0.05, 0) is 48.5 Å². The quantitative estimate of drug-likeness (QED) is 0.551. The number of alkyl halides is 1. The number of halogens is 2. The number of hydrogen-bond acceptors (Lipinski definition) is 1. The van der Waals surface area contributed by atoms with Crippen molar-refractivity contribution in [2.45, 2.75) is 18.8 Å². The second kappa shape index (κ2) is 7.29. The summed E-state index contributed by atoms with van der Waals surface area (Å²) in [4.78, 5) is 0. The van der Waals surface area contributed by atoms with E-state index >= 15 is 0 Å². The minimum absolute atomic E-state index is 0.156. The van der Waals surface area contributed by atoms with Crippen LogP contribution in [0.5, 0.6) is 0 Å². The Kier molecular flexibility index (Phi) is 6.34. The summed E-state index contributed by atoms with van der Waals surface area (Å²) >= 11 is 5.40. The predicted molar refractivity (Wildman–Crippen MR) is 70.6 cm³/mol. The lowest BCUT2D eigenvalue weighted by atomic mass is 9.97. The third-order valence-electron chi connectivity index (χ3n) is 2.43. The molecule has 1 aromatic carbocycles. The minimum atomic E-state index is -0.156. The lowest BCUT2D eigenvalue weighted by Gasteiger charge is -2.13. The molecular formula is C12H16BrFS. The lowest BCUT2D eigenvalue weighted by molar-refractivity contribution is 0.623. The molecule has 0 nitrogen and oxygen atoms in total. The summed E-state index contributed by atoms with van der Waals surface area (Å²) in [7, 11) is 0. The van der Waals surface area contributed by atoms with Gasteiger partial charge in [-0.1, -0.05) is 28.1 Å². The molecule has 0 fully saturated rings. The largest absolute Gasteiger partial charge is 0.207 e. The topological polar surface area (TPSA) is 0 Å². The van der Waals surface area contributed by atoms with Crippen molar-refractivity contribution in [3.8, 4) is 0 Å². The summed E-state index contributed by atoms with van der Waals surface area (Å²) in [6, 6.07) is 6.86. The minimum Gasteiger partial charge on any atom is -0.207 e. The summed E-state index contributed by atoms with van der Waals surface area (Å²) in [5, 5.41) is 0.951. The molecule has 0 aliphatic rings. The molecule has 0 spiro atoms. The van der Waals surface area contributed by atoms with E-state index in [9.17, 15) is 4.39 Å². The van der Waals surface area contributed by atoms with E-state index in [-0.39, 0.29) is 5.82 Å². The van der Waals surface area contributed by atoms with Crippen LogP contribution in [0.4, 0.5) is 4.39 Å². The summed E-state index contributed by atoms with van der Waals surface area (Å²) in [5.41, 5.74) is 1.23. The molecule has 0 aliphatic carbocycles. The van der Waals surface area contributed by atoms with Crippen molar-refractivity contribution in [2.75, 3.05) is 17.3 Å². The summed E-state index contributed by atoms with van der Waals surface area (Å²) in [5.74, 6) is 1.55. The zero-order valence-corrected chi connectivity index (χ0v) is 11.3. The smallest absolute Gasteiger partial charge is 0.123 e. The van der Waals surface area contributed by atoms with Crippen LogP contribution in [0.25, 0.3) is 0 Å². The highest BCUT2D eigenvalue weighted by Gasteiger charge is 2.09. The van der Waals surface area contributed by atoms with Gasteiger partial charge in [0.1, 0.15) is 5.82 Å². The van der Waals surface area contributed by atoms with Crippen LogP contribution >= 0.6 is 27.7 Å². The van der Waals surface area contributed by atoms with Gasteiger partial charge >= 0.3 is 0 Å². The highest BCUT2D eigenvalue weighted by molar-refractivity contribution is 9.09. The van der Waals surface area contributed by atoms with Crippen LogP contribution in [0.2, 0.25) is 0 Å². The van der Waals surface area contributed by atoms with Crippen LogP contribution < -0.4 is 0 Å². The first-order valence-electron chi connectivity index (χ1n) is 5.08. The Bertz CT molecular complexity index is 273. The molecule has 1 atom stereocenters. The van der Waals surface area contributed by atoms with Gasteiger partial charge in [0.2, 0.25) is 0 Å². The van der Waals surface area contributed by atoms with Crippen LogP contribution in [-0.2, 0) is 0 Å². The van der Waals surface area contributed by atoms with E-state index < -0.39 is 0 Å². The van der Waals surface area contributed by atoms with E-state index in [0.717, 1.165) is 11.8 Å². The lowest BCUT2D eigenvalue weighted by Crippen LogP contribution is -2.01. The molecule has 0 saturated heterocycles. The van der Waals surface area contributed by atoms with Gasteiger partial charge in [0.25, 0.3) is 0 Å². The number of thioether (sulfide) groups is 1. The van der Waals surface area contributed by atoms with Crippen molar-refractivity contribution in [1.82, 2.24) is 0 Å². The third kappa shape index (κ3) is 4.56. The Hall–Kier alpha value is -0.0200. The van der Waals surface area contributed by atoms with Crippen molar-refractivity contribution >= 4 is 27.7 Å². The van der Waals surface area contributed by atoms with Crippen molar-refractivity contribution in [2.24, 2.45) is 0 Å². The van der Waals surface area contributed by atoms with E-state index in [2.05, 4.69) is 22.2 Å². The molecule has 1 unspecified atom stereocenters. The maximum absolute atomic E-state index is 12.7. The van der Waals surface area contributed by atoms with Gasteiger partial charge in [-0.15, -0.1) is 0 Å². The molecule has 0 amide bonds. The Morgan fingerprint density at radius 3 is 2.53 bits per heavy atom. The molecule has 0 heterocycles. The van der Waals surface area contributed by atoms with Gasteiger partial charge in [-0.25, -0.2) is 4.39 Å². The summed E-state index contributed by atoms with van der Waals surface area (Å²) in [6.07, 6.45) is 4.51. The van der Waals surface area contributed by atoms with E-state index in [1.807, 2.05) is 23.9 Å². The first-order valence-corrected chi connectivity index (χ1v) is 7.60. The van der Waals surface area contributed by atoms with Crippen molar-refractivity contribution in [1.29, 1.82) is 0 Å². The SMILES string of the molecule is CSCCCC(CBr)c1ccc(F)cc1. The molecule has 0 N–H and O–H groups in total. The molecule has 15 heavy (non-hydrogen) atoms. The predicted octanol–water partition coefficient (Wildman–Crippen LogP) is 4.45. The molecule has 0 aliphatic heterocycles. The van der Waals surface area contributed by atoms with Crippen LogP contribution in [0.15, 0.2) is 24.3 Å². The van der Waals surface area contributed by atoms with Gasteiger partial charge in [-0.3, -0.25) is 0 Å². The average Bonchev–Trinajstić information content (AvgIpc) is 2.26. The third-order valence-corrected chi connectivity index (χ3v) is 3.91. The van der Waals surface area contributed by atoms with Crippen LogP contribution in [0.3, 0.4) is 0 Å². The fraction of sp³-hybridized carbons (Fsp3) is 0.500. The van der Waals surface area contributed by atoms with Crippen molar-refractivity contribution in [3.63, 3.8) is 0 Å². The molecule has 0 radical (unpaired) electrons. The van der Waals surface area contributed by atoms with Crippen molar-refractivity contribution in [3.05, 3.63) is 35.6 Å². The number of hydrogen-bond donors (Lipinski definition) is 0. The Morgan fingerprint density at radius 2 is 2.00 bits per heavy atom. The fourth-order valence-electron chi connectivity index (χ4n) is 1.54. The normalized spacial score (nSPS) is 12.7. The molecule has 0 aromatic heterocycles. The van der Waals surface area contributed by atoms with Gasteiger partial charge in [0.15, 0.2) is 0 Å². The first kappa shape index (κ1) is 13.0. The average molecular weight is 291 g/mol. The molecule has 1 aromatic rings. The zero-order valence-electron chi connectivity index (χ0n) is 8.88. The monoisotopic (exact) mass is 290 g/mol. The molecule has 84 valence electrons. The van der Waals surface area contributed by atoms with E-state index in [1.165, 1.54) is 17.7 Å². The molecule has 1 rings (SSSR count). The van der Waals surface area contributed by atoms with E-state index in [0.29, 0.717) is 5.92 Å². The van der Waals surface area contributed by atoms with Crippen LogP contribution in [0.1, 0.15) is 24.3 Å². The standard InChI is InChI=1S/C12H16BrFS/c1-15-8-2-3-11(9-13)10-4-6-12(14)7-5-10/h4-7,11H,2-3,8-9H2,1H3. The molecule has 0 bridgehead atoms. The molecule has 3 heteroatoms.